The van der Waals surface area contributed by atoms with E-state index in [0.717, 1.165) is 11.4 Å². The predicted molar refractivity (Wildman–Crippen MR) is 45.3 cm³/mol. The zero-order chi connectivity index (χ0) is 8.97. The fraction of sp³-hybridized carbons (Fsp3) is 0.500. The van der Waals surface area contributed by atoms with Crippen molar-refractivity contribution in [2.24, 2.45) is 5.73 Å². The van der Waals surface area contributed by atoms with E-state index in [4.69, 9.17) is 10.5 Å². The smallest absolute Gasteiger partial charge is 0.0899 e. The van der Waals surface area contributed by atoms with Crippen LogP contribution in [0.4, 0.5) is 0 Å². The largest absolute Gasteiger partial charge is 0.378 e. The lowest BCUT2D eigenvalue weighted by Gasteiger charge is -2.03. The molecule has 0 saturated carbocycles. The van der Waals surface area contributed by atoms with Gasteiger partial charge in [-0.3, -0.25) is 9.97 Å². The Morgan fingerprint density at radius 2 is 2.25 bits per heavy atom. The van der Waals surface area contributed by atoms with Crippen molar-refractivity contribution in [3.8, 4) is 0 Å². The summed E-state index contributed by atoms with van der Waals surface area (Å²) in [4.78, 5) is 8.25. The molecule has 1 aromatic heterocycles. The lowest BCUT2D eigenvalue weighted by atomic mass is 10.3. The molecule has 1 unspecified atom stereocenters. The molecule has 0 amide bonds. The number of rotatable bonds is 3. The van der Waals surface area contributed by atoms with Crippen molar-refractivity contribution in [2.75, 3.05) is 7.11 Å². The van der Waals surface area contributed by atoms with E-state index >= 15 is 0 Å². The topological polar surface area (TPSA) is 61.0 Å². The number of nitrogens with two attached hydrogens (primary N) is 1. The van der Waals surface area contributed by atoms with Gasteiger partial charge in [0.15, 0.2) is 0 Å². The van der Waals surface area contributed by atoms with Crippen LogP contribution in [0.2, 0.25) is 0 Å². The quantitative estimate of drug-likeness (QED) is 0.717. The van der Waals surface area contributed by atoms with E-state index in [0.29, 0.717) is 6.61 Å². The fourth-order valence-electron chi connectivity index (χ4n) is 0.822. The van der Waals surface area contributed by atoms with Crippen LogP contribution in [0.5, 0.6) is 0 Å². The standard InChI is InChI=1S/C8H13N3O/c1-6(9)8-4-10-7(3-11-8)5-12-2/h3-4,6H,5,9H2,1-2H3. The number of hydrogen-bond donors (Lipinski definition) is 1. The maximum Gasteiger partial charge on any atom is 0.0899 e. The van der Waals surface area contributed by atoms with E-state index in [2.05, 4.69) is 9.97 Å². The van der Waals surface area contributed by atoms with Crippen molar-refractivity contribution in [3.63, 3.8) is 0 Å². The number of nitrogens with zero attached hydrogens (tertiary/aromatic N) is 2. The van der Waals surface area contributed by atoms with Gasteiger partial charge in [-0.1, -0.05) is 0 Å². The average molecular weight is 167 g/mol. The molecular formula is C8H13N3O. The molecule has 2 N–H and O–H groups in total. The van der Waals surface area contributed by atoms with Crippen LogP contribution in [0, 0.1) is 0 Å². The first-order valence-corrected chi connectivity index (χ1v) is 3.79. The summed E-state index contributed by atoms with van der Waals surface area (Å²) in [6, 6.07) is -0.0610. The molecule has 0 saturated heterocycles. The summed E-state index contributed by atoms with van der Waals surface area (Å²) in [5, 5.41) is 0. The Labute approximate surface area is 71.8 Å². The van der Waals surface area contributed by atoms with Crippen LogP contribution in [0.15, 0.2) is 12.4 Å². The molecule has 4 nitrogen and oxygen atoms in total. The summed E-state index contributed by atoms with van der Waals surface area (Å²) in [6.45, 7) is 2.37. The lowest BCUT2D eigenvalue weighted by molar-refractivity contribution is 0.181. The zero-order valence-electron chi connectivity index (χ0n) is 7.32. The predicted octanol–water partition coefficient (Wildman–Crippen LogP) is 0.643. The molecule has 0 aromatic carbocycles. The number of hydrogen-bond acceptors (Lipinski definition) is 4. The zero-order valence-corrected chi connectivity index (χ0v) is 7.32. The molecule has 1 rings (SSSR count). The van der Waals surface area contributed by atoms with Crippen LogP contribution in [-0.2, 0) is 11.3 Å². The van der Waals surface area contributed by atoms with Crippen molar-refractivity contribution < 1.29 is 4.74 Å². The third-order valence-corrected chi connectivity index (χ3v) is 1.48. The Hall–Kier alpha value is -1.00. The minimum Gasteiger partial charge on any atom is -0.378 e. The third-order valence-electron chi connectivity index (χ3n) is 1.48. The number of ether oxygens (including phenoxy) is 1. The monoisotopic (exact) mass is 167 g/mol. The van der Waals surface area contributed by atoms with Crippen LogP contribution in [0.1, 0.15) is 24.4 Å². The Kier molecular flexibility index (Phi) is 3.13. The van der Waals surface area contributed by atoms with Gasteiger partial charge >= 0.3 is 0 Å². The minimum atomic E-state index is -0.0610. The van der Waals surface area contributed by atoms with Gasteiger partial charge in [-0.25, -0.2) is 0 Å². The van der Waals surface area contributed by atoms with Crippen LogP contribution in [-0.4, -0.2) is 17.1 Å². The van der Waals surface area contributed by atoms with Crippen LogP contribution in [0.25, 0.3) is 0 Å². The van der Waals surface area contributed by atoms with Gasteiger partial charge in [0, 0.05) is 13.2 Å². The second kappa shape index (κ2) is 4.13. The minimum absolute atomic E-state index is 0.0610. The second-order valence-electron chi connectivity index (χ2n) is 2.65. The van der Waals surface area contributed by atoms with Gasteiger partial charge in [-0.05, 0) is 6.92 Å². The first kappa shape index (κ1) is 9.09. The normalized spacial score (nSPS) is 12.9. The van der Waals surface area contributed by atoms with Gasteiger partial charge in [0.2, 0.25) is 0 Å². The molecule has 0 aliphatic carbocycles. The van der Waals surface area contributed by atoms with Gasteiger partial charge < -0.3 is 10.5 Å². The molecular weight excluding hydrogens is 154 g/mol. The maximum atomic E-state index is 5.60. The molecule has 0 spiro atoms. The highest BCUT2D eigenvalue weighted by molar-refractivity contribution is 5.04. The SMILES string of the molecule is COCc1cnc(C(C)N)cn1. The van der Waals surface area contributed by atoms with E-state index < -0.39 is 0 Å². The summed E-state index contributed by atoms with van der Waals surface area (Å²) in [5.41, 5.74) is 7.23. The Balaban J connectivity index is 2.71. The molecule has 66 valence electrons. The first-order valence-electron chi connectivity index (χ1n) is 3.79. The molecule has 0 fully saturated rings. The summed E-state index contributed by atoms with van der Waals surface area (Å²) in [5.74, 6) is 0. The van der Waals surface area contributed by atoms with Crippen molar-refractivity contribution in [2.45, 2.75) is 19.6 Å². The van der Waals surface area contributed by atoms with E-state index in [9.17, 15) is 0 Å². The number of methoxy groups -OCH3 is 1. The molecule has 0 aliphatic heterocycles. The summed E-state index contributed by atoms with van der Waals surface area (Å²) < 4.78 is 4.89. The molecule has 0 radical (unpaired) electrons. The first-order chi connectivity index (χ1) is 5.74. The van der Waals surface area contributed by atoms with Crippen molar-refractivity contribution in [1.82, 2.24) is 9.97 Å². The molecule has 0 aliphatic rings. The summed E-state index contributed by atoms with van der Waals surface area (Å²) in [7, 11) is 1.63. The van der Waals surface area contributed by atoms with Gasteiger partial charge in [-0.15, -0.1) is 0 Å². The van der Waals surface area contributed by atoms with E-state index in [1.807, 2.05) is 6.92 Å². The third kappa shape index (κ3) is 2.25. The van der Waals surface area contributed by atoms with E-state index in [-0.39, 0.29) is 6.04 Å². The highest BCUT2D eigenvalue weighted by Crippen LogP contribution is 2.03. The van der Waals surface area contributed by atoms with Gasteiger partial charge in [-0.2, -0.15) is 0 Å². The maximum absolute atomic E-state index is 5.60. The molecule has 1 heterocycles. The van der Waals surface area contributed by atoms with E-state index in [1.54, 1.807) is 19.5 Å². The molecule has 1 atom stereocenters. The van der Waals surface area contributed by atoms with Crippen LogP contribution < -0.4 is 5.73 Å². The fourth-order valence-corrected chi connectivity index (χ4v) is 0.822. The van der Waals surface area contributed by atoms with Crippen molar-refractivity contribution in [3.05, 3.63) is 23.8 Å². The van der Waals surface area contributed by atoms with Crippen LogP contribution >= 0.6 is 0 Å². The average Bonchev–Trinajstić information content (AvgIpc) is 2.06. The summed E-state index contributed by atoms with van der Waals surface area (Å²) in [6.07, 6.45) is 3.36. The highest BCUT2D eigenvalue weighted by Gasteiger charge is 2.00. The Bertz CT molecular complexity index is 233. The Morgan fingerprint density at radius 1 is 1.50 bits per heavy atom. The highest BCUT2D eigenvalue weighted by atomic mass is 16.5. The van der Waals surface area contributed by atoms with Crippen molar-refractivity contribution in [1.29, 1.82) is 0 Å². The molecule has 0 bridgehead atoms. The van der Waals surface area contributed by atoms with Crippen LogP contribution in [0.3, 0.4) is 0 Å². The van der Waals surface area contributed by atoms with Crippen molar-refractivity contribution >= 4 is 0 Å². The molecule has 4 heteroatoms. The molecule has 1 aromatic rings. The summed E-state index contributed by atoms with van der Waals surface area (Å²) >= 11 is 0. The molecule has 12 heavy (non-hydrogen) atoms. The van der Waals surface area contributed by atoms with Gasteiger partial charge in [0.1, 0.15) is 0 Å². The Morgan fingerprint density at radius 3 is 2.67 bits per heavy atom. The lowest BCUT2D eigenvalue weighted by Crippen LogP contribution is -2.08. The van der Waals surface area contributed by atoms with Gasteiger partial charge in [0.25, 0.3) is 0 Å². The van der Waals surface area contributed by atoms with E-state index in [1.165, 1.54) is 0 Å². The second-order valence-corrected chi connectivity index (χ2v) is 2.65. The van der Waals surface area contributed by atoms with Gasteiger partial charge in [0.05, 0.1) is 30.4 Å². The number of aromatic nitrogens is 2.